The van der Waals surface area contributed by atoms with Crippen LogP contribution in [0.4, 0.5) is 5.69 Å². The monoisotopic (exact) mass is 376 g/mol. The Balaban J connectivity index is 1.95. The van der Waals surface area contributed by atoms with Gasteiger partial charge in [0.1, 0.15) is 11.5 Å². The minimum atomic E-state index is -0.331. The van der Waals surface area contributed by atoms with E-state index in [1.165, 1.54) is 19.3 Å². The summed E-state index contributed by atoms with van der Waals surface area (Å²) >= 11 is 0. The molecule has 1 aliphatic heterocycles. The van der Waals surface area contributed by atoms with Crippen LogP contribution in [0.15, 0.2) is 18.2 Å². The van der Waals surface area contributed by atoms with E-state index in [1.807, 2.05) is 6.92 Å². The molecule has 1 N–H and O–H groups in total. The minimum Gasteiger partial charge on any atom is -0.497 e. The number of carbonyl (C=O) groups excluding carboxylic acids is 2. The van der Waals surface area contributed by atoms with E-state index >= 15 is 0 Å². The molecule has 1 fully saturated rings. The van der Waals surface area contributed by atoms with Crippen LogP contribution >= 0.6 is 0 Å². The Morgan fingerprint density at radius 3 is 2.70 bits per heavy atom. The van der Waals surface area contributed by atoms with Crippen LogP contribution in [-0.2, 0) is 9.59 Å². The minimum absolute atomic E-state index is 0.0404. The highest BCUT2D eigenvalue weighted by Gasteiger charge is 2.36. The van der Waals surface area contributed by atoms with Crippen molar-refractivity contribution in [3.8, 4) is 11.5 Å². The molecule has 1 aromatic carbocycles. The van der Waals surface area contributed by atoms with Crippen LogP contribution in [0.25, 0.3) is 0 Å². The summed E-state index contributed by atoms with van der Waals surface area (Å²) in [6.45, 7) is 4.59. The Kier molecular flexibility index (Phi) is 7.95. The molecule has 27 heavy (non-hydrogen) atoms. The van der Waals surface area contributed by atoms with Gasteiger partial charge in [-0.2, -0.15) is 0 Å². The molecule has 150 valence electrons. The molecule has 1 aromatic rings. The van der Waals surface area contributed by atoms with Crippen LogP contribution in [0.5, 0.6) is 11.5 Å². The number of methoxy groups -OCH3 is 2. The van der Waals surface area contributed by atoms with E-state index in [1.54, 1.807) is 37.3 Å². The number of ether oxygens (including phenoxy) is 2. The van der Waals surface area contributed by atoms with E-state index in [-0.39, 0.29) is 30.2 Å². The van der Waals surface area contributed by atoms with Crippen LogP contribution < -0.4 is 19.7 Å². The average molecular weight is 376 g/mol. The zero-order valence-electron chi connectivity index (χ0n) is 16.9. The molecule has 1 aliphatic rings. The first kappa shape index (κ1) is 21.1. The summed E-state index contributed by atoms with van der Waals surface area (Å²) < 4.78 is 10.6. The van der Waals surface area contributed by atoms with Crippen molar-refractivity contribution < 1.29 is 19.1 Å². The van der Waals surface area contributed by atoms with Gasteiger partial charge in [-0.25, -0.2) is 0 Å². The van der Waals surface area contributed by atoms with Gasteiger partial charge in [-0.3, -0.25) is 9.59 Å². The maximum absolute atomic E-state index is 12.6. The third-order valence-corrected chi connectivity index (χ3v) is 5.05. The Labute approximate surface area is 162 Å². The van der Waals surface area contributed by atoms with Gasteiger partial charge in [0, 0.05) is 25.1 Å². The summed E-state index contributed by atoms with van der Waals surface area (Å²) in [5.74, 6) is 0.791. The Morgan fingerprint density at radius 1 is 1.26 bits per heavy atom. The first-order valence-electron chi connectivity index (χ1n) is 9.82. The lowest BCUT2D eigenvalue weighted by Crippen LogP contribution is -2.38. The number of anilines is 1. The normalized spacial score (nSPS) is 17.7. The van der Waals surface area contributed by atoms with Crippen molar-refractivity contribution in [2.45, 2.75) is 58.4 Å². The van der Waals surface area contributed by atoms with E-state index in [9.17, 15) is 9.59 Å². The third kappa shape index (κ3) is 5.62. The quantitative estimate of drug-likeness (QED) is 0.634. The van der Waals surface area contributed by atoms with Gasteiger partial charge in [0.25, 0.3) is 0 Å². The number of nitrogens with one attached hydrogen (secondary N) is 1. The molecule has 0 aromatic heterocycles. The van der Waals surface area contributed by atoms with Crippen molar-refractivity contribution in [3.63, 3.8) is 0 Å². The van der Waals surface area contributed by atoms with Crippen LogP contribution in [0.1, 0.15) is 52.4 Å². The number of rotatable bonds is 10. The molecule has 1 heterocycles. The summed E-state index contributed by atoms with van der Waals surface area (Å²) in [5.41, 5.74) is 0.672. The molecule has 2 rings (SSSR count). The number of nitrogens with zero attached hydrogens (tertiary/aromatic N) is 1. The summed E-state index contributed by atoms with van der Waals surface area (Å²) in [6.07, 6.45) is 5.95. The molecule has 2 amide bonds. The zero-order valence-corrected chi connectivity index (χ0v) is 16.9. The van der Waals surface area contributed by atoms with Crippen molar-refractivity contribution in [1.29, 1.82) is 0 Å². The van der Waals surface area contributed by atoms with Crippen LogP contribution in [0.2, 0.25) is 0 Å². The van der Waals surface area contributed by atoms with Gasteiger partial charge in [0.2, 0.25) is 11.8 Å². The molecular formula is C21H32N2O4. The predicted molar refractivity (Wildman–Crippen MR) is 106 cm³/mol. The van der Waals surface area contributed by atoms with Gasteiger partial charge < -0.3 is 19.7 Å². The first-order valence-corrected chi connectivity index (χ1v) is 9.82. The van der Waals surface area contributed by atoms with Crippen LogP contribution in [0, 0.1) is 5.92 Å². The fourth-order valence-corrected chi connectivity index (χ4v) is 3.43. The lowest BCUT2D eigenvalue weighted by molar-refractivity contribution is -0.126. The van der Waals surface area contributed by atoms with Gasteiger partial charge in [-0.1, -0.05) is 32.6 Å². The molecule has 0 unspecified atom stereocenters. The fraction of sp³-hybridized carbons (Fsp3) is 0.619. The topological polar surface area (TPSA) is 67.9 Å². The fourth-order valence-electron chi connectivity index (χ4n) is 3.43. The third-order valence-electron chi connectivity index (χ3n) is 5.05. The van der Waals surface area contributed by atoms with Gasteiger partial charge in [0.05, 0.1) is 25.8 Å². The summed E-state index contributed by atoms with van der Waals surface area (Å²) in [6, 6.07) is 5.46. The molecular weight excluding hydrogens is 344 g/mol. The van der Waals surface area contributed by atoms with Crippen molar-refractivity contribution in [2.75, 3.05) is 25.7 Å². The Morgan fingerprint density at radius 2 is 2.04 bits per heavy atom. The van der Waals surface area contributed by atoms with Gasteiger partial charge in [-0.05, 0) is 25.5 Å². The van der Waals surface area contributed by atoms with Crippen molar-refractivity contribution in [1.82, 2.24) is 5.32 Å². The molecule has 0 bridgehead atoms. The highest BCUT2D eigenvalue weighted by molar-refractivity contribution is 6.01. The number of hydrogen-bond donors (Lipinski definition) is 1. The molecule has 2 atom stereocenters. The molecule has 0 aliphatic carbocycles. The van der Waals surface area contributed by atoms with Gasteiger partial charge in [-0.15, -0.1) is 0 Å². The standard InChI is InChI=1S/C21H32N2O4/c1-5-6-7-8-9-15(2)22-21(25)16-12-20(24)23(14-16)18-11-10-17(26-3)13-19(18)27-4/h10-11,13,15-16H,5-9,12,14H2,1-4H3,(H,22,25)/t15-,16-/m0/s1. The largest absolute Gasteiger partial charge is 0.497 e. The number of benzene rings is 1. The van der Waals surface area contributed by atoms with Crippen molar-refractivity contribution in [3.05, 3.63) is 18.2 Å². The molecule has 6 heteroatoms. The number of amides is 2. The van der Waals surface area contributed by atoms with Crippen molar-refractivity contribution in [2.24, 2.45) is 5.92 Å². The Bertz CT molecular complexity index is 647. The molecule has 0 spiro atoms. The number of carbonyl (C=O) groups is 2. The Hall–Kier alpha value is -2.24. The van der Waals surface area contributed by atoms with E-state index in [4.69, 9.17) is 9.47 Å². The highest BCUT2D eigenvalue weighted by atomic mass is 16.5. The molecule has 0 saturated carbocycles. The second-order valence-electron chi connectivity index (χ2n) is 7.20. The average Bonchev–Trinajstić information content (AvgIpc) is 3.06. The zero-order chi connectivity index (χ0) is 19.8. The number of unbranched alkanes of at least 4 members (excludes halogenated alkanes) is 3. The molecule has 6 nitrogen and oxygen atoms in total. The van der Waals surface area contributed by atoms with Crippen LogP contribution in [0.3, 0.4) is 0 Å². The van der Waals surface area contributed by atoms with Crippen molar-refractivity contribution >= 4 is 17.5 Å². The SMILES string of the molecule is CCCCCC[C@H](C)NC(=O)[C@H]1CC(=O)N(c2ccc(OC)cc2OC)C1. The number of hydrogen-bond acceptors (Lipinski definition) is 4. The summed E-state index contributed by atoms with van der Waals surface area (Å²) in [7, 11) is 3.14. The molecule has 0 radical (unpaired) electrons. The van der Waals surface area contributed by atoms with E-state index in [0.717, 1.165) is 12.8 Å². The lowest BCUT2D eigenvalue weighted by atomic mass is 10.1. The lowest BCUT2D eigenvalue weighted by Gasteiger charge is -2.21. The summed E-state index contributed by atoms with van der Waals surface area (Å²) in [5, 5.41) is 3.07. The second kappa shape index (κ2) is 10.2. The van der Waals surface area contributed by atoms with E-state index in [2.05, 4.69) is 12.2 Å². The van der Waals surface area contributed by atoms with Gasteiger partial charge in [0.15, 0.2) is 0 Å². The second-order valence-corrected chi connectivity index (χ2v) is 7.20. The maximum atomic E-state index is 12.6. The first-order chi connectivity index (χ1) is 13.0. The smallest absolute Gasteiger partial charge is 0.227 e. The molecule has 1 saturated heterocycles. The predicted octanol–water partition coefficient (Wildman–Crippen LogP) is 3.53. The highest BCUT2D eigenvalue weighted by Crippen LogP contribution is 2.35. The maximum Gasteiger partial charge on any atom is 0.227 e. The van der Waals surface area contributed by atoms with Crippen LogP contribution in [-0.4, -0.2) is 38.6 Å². The van der Waals surface area contributed by atoms with Gasteiger partial charge >= 0.3 is 0 Å². The van der Waals surface area contributed by atoms with E-state index in [0.29, 0.717) is 23.7 Å². The summed E-state index contributed by atoms with van der Waals surface area (Å²) in [4.78, 5) is 26.7. The van der Waals surface area contributed by atoms with E-state index < -0.39 is 0 Å².